The lowest BCUT2D eigenvalue weighted by Gasteiger charge is -2.01. The predicted molar refractivity (Wildman–Crippen MR) is 49.2 cm³/mol. The number of carbonyl (C=O) groups excluding carboxylic acids is 2. The van der Waals surface area contributed by atoms with E-state index in [2.05, 4.69) is 10.8 Å². The number of hydrogen-bond donors (Lipinski definition) is 2. The molecule has 14 heavy (non-hydrogen) atoms. The Morgan fingerprint density at radius 2 is 1.71 bits per heavy atom. The lowest BCUT2D eigenvalue weighted by atomic mass is 10.1. The summed E-state index contributed by atoms with van der Waals surface area (Å²) in [5, 5.41) is 0. The molecule has 74 valence electrons. The van der Waals surface area contributed by atoms with Crippen molar-refractivity contribution in [3.05, 3.63) is 35.4 Å². The summed E-state index contributed by atoms with van der Waals surface area (Å²) in [6.45, 7) is 1.46. The summed E-state index contributed by atoms with van der Waals surface area (Å²) in [4.78, 5) is 26.0. The fourth-order valence-electron chi connectivity index (χ4n) is 0.969. The van der Waals surface area contributed by atoms with E-state index < -0.39 is 5.91 Å². The van der Waals surface area contributed by atoms with E-state index >= 15 is 0 Å². The first-order valence-electron chi connectivity index (χ1n) is 3.92. The Bertz CT molecular complexity index is 346. The number of hydrogen-bond acceptors (Lipinski definition) is 4. The van der Waals surface area contributed by atoms with Crippen molar-refractivity contribution < 1.29 is 14.5 Å². The van der Waals surface area contributed by atoms with E-state index in [-0.39, 0.29) is 5.78 Å². The highest BCUT2D eigenvalue weighted by molar-refractivity contribution is 5.97. The van der Waals surface area contributed by atoms with E-state index in [1.165, 1.54) is 19.1 Å². The Balaban J connectivity index is 2.83. The Hall–Kier alpha value is -1.72. The molecule has 0 saturated heterocycles. The van der Waals surface area contributed by atoms with Crippen LogP contribution in [0.1, 0.15) is 27.6 Å². The second-order valence-electron chi connectivity index (χ2n) is 2.68. The van der Waals surface area contributed by atoms with Crippen LogP contribution >= 0.6 is 0 Å². The fourth-order valence-corrected chi connectivity index (χ4v) is 0.969. The average molecular weight is 194 g/mol. The van der Waals surface area contributed by atoms with E-state index in [1.807, 2.05) is 5.48 Å². The summed E-state index contributed by atoms with van der Waals surface area (Å²) in [7, 11) is 0. The number of benzene rings is 1. The van der Waals surface area contributed by atoms with E-state index in [9.17, 15) is 9.59 Å². The van der Waals surface area contributed by atoms with Crippen molar-refractivity contribution in [3.63, 3.8) is 0 Å². The zero-order valence-corrected chi connectivity index (χ0v) is 7.61. The molecule has 0 radical (unpaired) electrons. The minimum atomic E-state index is -0.456. The number of nitrogens with one attached hydrogen (secondary N) is 1. The SMILES string of the molecule is CC(=O)c1ccc(C(=O)NON)cc1. The number of amides is 1. The number of nitrogens with two attached hydrogens (primary N) is 1. The van der Waals surface area contributed by atoms with Gasteiger partial charge < -0.3 is 0 Å². The Kier molecular flexibility index (Phi) is 3.33. The number of rotatable bonds is 3. The summed E-state index contributed by atoms with van der Waals surface area (Å²) in [5.41, 5.74) is 2.89. The molecule has 0 heterocycles. The third-order valence-corrected chi connectivity index (χ3v) is 1.71. The second kappa shape index (κ2) is 4.50. The molecule has 3 N–H and O–H groups in total. The van der Waals surface area contributed by atoms with Crippen molar-refractivity contribution >= 4 is 11.7 Å². The van der Waals surface area contributed by atoms with Crippen LogP contribution in [0.25, 0.3) is 0 Å². The summed E-state index contributed by atoms with van der Waals surface area (Å²) >= 11 is 0. The molecule has 0 bridgehead atoms. The molecule has 1 aromatic carbocycles. The fraction of sp³-hybridized carbons (Fsp3) is 0.111. The Morgan fingerprint density at radius 3 is 2.14 bits per heavy atom. The van der Waals surface area contributed by atoms with Crippen LogP contribution < -0.4 is 11.4 Å². The third kappa shape index (κ3) is 2.38. The molecule has 0 aromatic heterocycles. The van der Waals surface area contributed by atoms with Crippen molar-refractivity contribution in [2.75, 3.05) is 0 Å². The lowest BCUT2D eigenvalue weighted by molar-refractivity contribution is 0.0310. The van der Waals surface area contributed by atoms with Crippen LogP contribution in [-0.2, 0) is 4.94 Å². The normalized spacial score (nSPS) is 9.57. The van der Waals surface area contributed by atoms with Crippen LogP contribution in [0, 0.1) is 0 Å². The van der Waals surface area contributed by atoms with Crippen LogP contribution in [0.2, 0.25) is 0 Å². The van der Waals surface area contributed by atoms with Crippen LogP contribution in [0.15, 0.2) is 24.3 Å². The zero-order valence-electron chi connectivity index (χ0n) is 7.61. The van der Waals surface area contributed by atoms with E-state index in [4.69, 9.17) is 0 Å². The van der Waals surface area contributed by atoms with Crippen molar-refractivity contribution in [2.45, 2.75) is 6.92 Å². The highest BCUT2D eigenvalue weighted by Crippen LogP contribution is 2.04. The second-order valence-corrected chi connectivity index (χ2v) is 2.68. The molecule has 0 aliphatic carbocycles. The molecule has 0 unspecified atom stereocenters. The third-order valence-electron chi connectivity index (χ3n) is 1.71. The number of carbonyl (C=O) groups is 2. The average Bonchev–Trinajstić information content (AvgIpc) is 2.18. The van der Waals surface area contributed by atoms with Crippen molar-refractivity contribution in [2.24, 2.45) is 5.90 Å². The maximum absolute atomic E-state index is 11.1. The molecular formula is C9H10N2O3. The lowest BCUT2D eigenvalue weighted by Crippen LogP contribution is -2.26. The van der Waals surface area contributed by atoms with Gasteiger partial charge in [-0.1, -0.05) is 12.1 Å². The van der Waals surface area contributed by atoms with E-state index in [1.54, 1.807) is 12.1 Å². The van der Waals surface area contributed by atoms with Crippen molar-refractivity contribution in [1.82, 2.24) is 5.48 Å². The van der Waals surface area contributed by atoms with Gasteiger partial charge in [-0.25, -0.2) is 5.48 Å². The first-order valence-corrected chi connectivity index (χ1v) is 3.92. The molecule has 0 aliphatic heterocycles. The molecule has 5 heteroatoms. The molecular weight excluding hydrogens is 184 g/mol. The van der Waals surface area contributed by atoms with Gasteiger partial charge in [-0.3, -0.25) is 9.59 Å². The molecule has 1 rings (SSSR count). The minimum absolute atomic E-state index is 0.0490. The summed E-state index contributed by atoms with van der Waals surface area (Å²) in [5.74, 6) is 4.15. The van der Waals surface area contributed by atoms with Crippen molar-refractivity contribution in [3.8, 4) is 0 Å². The molecule has 0 aliphatic rings. The number of Topliss-reactive ketones (excluding diaryl/α,β-unsaturated/α-hetero) is 1. The summed E-state index contributed by atoms with van der Waals surface area (Å²) < 4.78 is 0. The Labute approximate surface area is 80.8 Å². The number of hydroxylamine groups is 1. The standard InChI is InChI=1S/C9H10N2O3/c1-6(12)7-2-4-8(5-3-7)9(13)11-14-10/h2-5H,10H2,1H3,(H,11,13). The molecule has 1 amide bonds. The van der Waals surface area contributed by atoms with Gasteiger partial charge in [0, 0.05) is 11.1 Å². The predicted octanol–water partition coefficient (Wildman–Crippen LogP) is 0.424. The van der Waals surface area contributed by atoms with Gasteiger partial charge in [0.1, 0.15) is 0 Å². The van der Waals surface area contributed by atoms with Gasteiger partial charge in [0.15, 0.2) is 5.78 Å². The van der Waals surface area contributed by atoms with Gasteiger partial charge >= 0.3 is 0 Å². The van der Waals surface area contributed by atoms with Gasteiger partial charge in [0.25, 0.3) is 5.91 Å². The van der Waals surface area contributed by atoms with Crippen LogP contribution in [0.5, 0.6) is 0 Å². The van der Waals surface area contributed by atoms with Gasteiger partial charge in [-0.15, -0.1) is 0 Å². The molecule has 0 spiro atoms. The quantitative estimate of drug-likeness (QED) is 0.539. The van der Waals surface area contributed by atoms with Crippen LogP contribution in [0.3, 0.4) is 0 Å². The smallest absolute Gasteiger partial charge is 0.276 e. The van der Waals surface area contributed by atoms with E-state index in [0.717, 1.165) is 0 Å². The van der Waals surface area contributed by atoms with Gasteiger partial charge in [-0.05, 0) is 19.1 Å². The monoisotopic (exact) mass is 194 g/mol. The van der Waals surface area contributed by atoms with Crippen LogP contribution in [-0.4, -0.2) is 11.7 Å². The zero-order chi connectivity index (χ0) is 10.6. The first-order chi connectivity index (χ1) is 6.65. The first kappa shape index (κ1) is 10.4. The van der Waals surface area contributed by atoms with Gasteiger partial charge in [0.05, 0.1) is 0 Å². The number of ketones is 1. The maximum Gasteiger partial charge on any atom is 0.276 e. The molecule has 0 fully saturated rings. The maximum atomic E-state index is 11.1. The topological polar surface area (TPSA) is 81.4 Å². The van der Waals surface area contributed by atoms with Gasteiger partial charge in [-0.2, -0.15) is 10.8 Å². The van der Waals surface area contributed by atoms with Crippen molar-refractivity contribution in [1.29, 1.82) is 0 Å². The van der Waals surface area contributed by atoms with Crippen LogP contribution in [0.4, 0.5) is 0 Å². The highest BCUT2D eigenvalue weighted by atomic mass is 16.8. The minimum Gasteiger partial charge on any atom is -0.295 e. The molecule has 1 aromatic rings. The Morgan fingerprint density at radius 1 is 1.21 bits per heavy atom. The largest absolute Gasteiger partial charge is 0.295 e. The summed E-state index contributed by atoms with van der Waals surface area (Å²) in [6, 6.07) is 6.16. The molecule has 0 saturated carbocycles. The molecule has 0 atom stereocenters. The van der Waals surface area contributed by atoms with Gasteiger partial charge in [0.2, 0.25) is 0 Å². The summed E-state index contributed by atoms with van der Waals surface area (Å²) in [6.07, 6.45) is 0. The van der Waals surface area contributed by atoms with E-state index in [0.29, 0.717) is 11.1 Å². The highest BCUT2D eigenvalue weighted by Gasteiger charge is 2.05. The molecule has 5 nitrogen and oxygen atoms in total.